The molecule has 0 spiro atoms. The van der Waals surface area contributed by atoms with Crippen molar-refractivity contribution in [3.63, 3.8) is 0 Å². The molecule has 23 heavy (non-hydrogen) atoms. The standard InChI is InChI=1S/C17H12F2N2O2/c18-14-6-5-11(9-15(14)19)16-20-7-8-21(16)10-12-3-1-2-4-13(12)17(22)23/h1-9H,10H2,(H,22,23). The lowest BCUT2D eigenvalue weighted by molar-refractivity contribution is 0.0695. The quantitative estimate of drug-likeness (QED) is 0.801. The zero-order valence-corrected chi connectivity index (χ0v) is 11.9. The Morgan fingerprint density at radius 1 is 1.13 bits per heavy atom. The molecule has 3 aromatic rings. The molecule has 0 saturated heterocycles. The number of halogens is 2. The van der Waals surface area contributed by atoms with E-state index in [2.05, 4.69) is 4.98 Å². The Kier molecular flexibility index (Phi) is 3.89. The molecule has 2 aromatic carbocycles. The highest BCUT2D eigenvalue weighted by atomic mass is 19.2. The third-order valence-corrected chi connectivity index (χ3v) is 3.48. The van der Waals surface area contributed by atoms with Gasteiger partial charge in [0, 0.05) is 24.5 Å². The first-order valence-electron chi connectivity index (χ1n) is 6.84. The molecule has 1 N–H and O–H groups in total. The van der Waals surface area contributed by atoms with Crippen molar-refractivity contribution in [1.29, 1.82) is 0 Å². The van der Waals surface area contributed by atoms with Crippen molar-refractivity contribution in [3.05, 3.63) is 77.6 Å². The summed E-state index contributed by atoms with van der Waals surface area (Å²) in [5.74, 6) is -2.47. The lowest BCUT2D eigenvalue weighted by Crippen LogP contribution is -2.07. The Bertz CT molecular complexity index is 875. The van der Waals surface area contributed by atoms with Crippen molar-refractivity contribution in [1.82, 2.24) is 9.55 Å². The van der Waals surface area contributed by atoms with Crippen LogP contribution in [-0.2, 0) is 6.54 Å². The summed E-state index contributed by atoms with van der Waals surface area (Å²) in [6.45, 7) is 0.261. The monoisotopic (exact) mass is 314 g/mol. The van der Waals surface area contributed by atoms with Crippen molar-refractivity contribution in [2.45, 2.75) is 6.54 Å². The Balaban J connectivity index is 1.99. The van der Waals surface area contributed by atoms with Gasteiger partial charge in [0.05, 0.1) is 5.56 Å². The fourth-order valence-electron chi connectivity index (χ4n) is 2.38. The SMILES string of the molecule is O=C(O)c1ccccc1Cn1ccnc1-c1ccc(F)c(F)c1. The molecule has 0 aliphatic rings. The van der Waals surface area contributed by atoms with Crippen LogP contribution >= 0.6 is 0 Å². The minimum absolute atomic E-state index is 0.192. The van der Waals surface area contributed by atoms with E-state index in [0.29, 0.717) is 17.0 Å². The predicted octanol–water partition coefficient (Wildman–Crippen LogP) is 3.57. The lowest BCUT2D eigenvalue weighted by atomic mass is 10.1. The molecule has 116 valence electrons. The van der Waals surface area contributed by atoms with Gasteiger partial charge in [0.2, 0.25) is 0 Å². The molecule has 0 radical (unpaired) electrons. The molecule has 0 aliphatic heterocycles. The van der Waals surface area contributed by atoms with Crippen LogP contribution in [0.5, 0.6) is 0 Å². The number of hydrogen-bond acceptors (Lipinski definition) is 2. The topological polar surface area (TPSA) is 55.1 Å². The van der Waals surface area contributed by atoms with Crippen molar-refractivity contribution < 1.29 is 18.7 Å². The van der Waals surface area contributed by atoms with Crippen LogP contribution < -0.4 is 0 Å². The number of carboxylic acids is 1. The highest BCUT2D eigenvalue weighted by Crippen LogP contribution is 2.22. The minimum Gasteiger partial charge on any atom is -0.478 e. The average Bonchev–Trinajstić information content (AvgIpc) is 2.98. The highest BCUT2D eigenvalue weighted by Gasteiger charge is 2.13. The van der Waals surface area contributed by atoms with Crippen LogP contribution in [-0.4, -0.2) is 20.6 Å². The van der Waals surface area contributed by atoms with Crippen molar-refractivity contribution in [2.24, 2.45) is 0 Å². The maximum Gasteiger partial charge on any atom is 0.336 e. The maximum atomic E-state index is 13.4. The number of aromatic carboxylic acids is 1. The second kappa shape index (κ2) is 6.00. The number of imidazole rings is 1. The summed E-state index contributed by atoms with van der Waals surface area (Å²) in [4.78, 5) is 15.4. The molecule has 1 aromatic heterocycles. The van der Waals surface area contributed by atoms with Gasteiger partial charge in [-0.3, -0.25) is 0 Å². The van der Waals surface area contributed by atoms with Gasteiger partial charge in [-0.2, -0.15) is 0 Å². The summed E-state index contributed by atoms with van der Waals surface area (Å²) in [5, 5.41) is 9.23. The van der Waals surface area contributed by atoms with Crippen LogP contribution in [0.25, 0.3) is 11.4 Å². The van der Waals surface area contributed by atoms with E-state index in [1.165, 1.54) is 18.3 Å². The molecule has 3 rings (SSSR count). The van der Waals surface area contributed by atoms with E-state index in [9.17, 15) is 18.7 Å². The predicted molar refractivity (Wildman–Crippen MR) is 80.1 cm³/mol. The molecular formula is C17H12F2N2O2. The van der Waals surface area contributed by atoms with Crippen LogP contribution in [0.1, 0.15) is 15.9 Å². The van der Waals surface area contributed by atoms with E-state index in [0.717, 1.165) is 12.1 Å². The zero-order chi connectivity index (χ0) is 16.4. The van der Waals surface area contributed by atoms with Crippen LogP contribution in [0.15, 0.2) is 54.9 Å². The molecule has 6 heteroatoms. The van der Waals surface area contributed by atoms with Gasteiger partial charge < -0.3 is 9.67 Å². The molecule has 0 fully saturated rings. The third-order valence-electron chi connectivity index (χ3n) is 3.48. The fraction of sp³-hybridized carbons (Fsp3) is 0.0588. The summed E-state index contributed by atoms with van der Waals surface area (Å²) >= 11 is 0. The number of rotatable bonds is 4. The fourth-order valence-corrected chi connectivity index (χ4v) is 2.38. The molecule has 0 amide bonds. The summed E-state index contributed by atoms with van der Waals surface area (Å²) in [5.41, 5.74) is 1.21. The molecule has 0 aliphatic carbocycles. The Morgan fingerprint density at radius 2 is 1.91 bits per heavy atom. The first kappa shape index (κ1) is 14.9. The van der Waals surface area contributed by atoms with E-state index in [-0.39, 0.29) is 12.1 Å². The van der Waals surface area contributed by atoms with Gasteiger partial charge in [0.1, 0.15) is 5.82 Å². The molecule has 0 unspecified atom stereocenters. The minimum atomic E-state index is -1.02. The Labute approximate surface area is 130 Å². The normalized spacial score (nSPS) is 10.7. The first-order chi connectivity index (χ1) is 11.1. The smallest absolute Gasteiger partial charge is 0.336 e. The first-order valence-corrected chi connectivity index (χ1v) is 6.84. The number of benzene rings is 2. The van der Waals surface area contributed by atoms with Gasteiger partial charge in [0.25, 0.3) is 0 Å². The van der Waals surface area contributed by atoms with E-state index < -0.39 is 17.6 Å². The zero-order valence-electron chi connectivity index (χ0n) is 11.9. The van der Waals surface area contributed by atoms with Crippen LogP contribution in [0, 0.1) is 11.6 Å². The van der Waals surface area contributed by atoms with Crippen LogP contribution in [0.3, 0.4) is 0 Å². The summed E-state index contributed by atoms with van der Waals surface area (Å²) in [7, 11) is 0. The summed E-state index contributed by atoms with van der Waals surface area (Å²) < 4.78 is 28.2. The molecule has 0 saturated carbocycles. The molecular weight excluding hydrogens is 302 g/mol. The molecule has 1 heterocycles. The second-order valence-electron chi connectivity index (χ2n) is 4.97. The van der Waals surface area contributed by atoms with Gasteiger partial charge in [-0.05, 0) is 29.8 Å². The summed E-state index contributed by atoms with van der Waals surface area (Å²) in [6, 6.07) is 10.2. The van der Waals surface area contributed by atoms with E-state index in [1.54, 1.807) is 29.0 Å². The summed E-state index contributed by atoms with van der Waals surface area (Å²) in [6.07, 6.45) is 3.19. The van der Waals surface area contributed by atoms with Crippen molar-refractivity contribution in [3.8, 4) is 11.4 Å². The second-order valence-corrected chi connectivity index (χ2v) is 4.97. The number of aromatic nitrogens is 2. The number of nitrogens with zero attached hydrogens (tertiary/aromatic N) is 2. The van der Waals surface area contributed by atoms with Crippen molar-refractivity contribution in [2.75, 3.05) is 0 Å². The number of carboxylic acid groups (broad SMARTS) is 1. The average molecular weight is 314 g/mol. The number of carbonyl (C=O) groups is 1. The Hall–Kier alpha value is -3.02. The van der Waals surface area contributed by atoms with E-state index in [4.69, 9.17) is 0 Å². The largest absolute Gasteiger partial charge is 0.478 e. The van der Waals surface area contributed by atoms with E-state index in [1.807, 2.05) is 0 Å². The molecule has 0 atom stereocenters. The van der Waals surface area contributed by atoms with Gasteiger partial charge in [-0.25, -0.2) is 18.6 Å². The van der Waals surface area contributed by atoms with Crippen LogP contribution in [0.4, 0.5) is 8.78 Å². The van der Waals surface area contributed by atoms with Gasteiger partial charge in [-0.1, -0.05) is 18.2 Å². The van der Waals surface area contributed by atoms with Crippen LogP contribution in [0.2, 0.25) is 0 Å². The van der Waals surface area contributed by atoms with E-state index >= 15 is 0 Å². The van der Waals surface area contributed by atoms with Gasteiger partial charge in [0.15, 0.2) is 11.6 Å². The maximum absolute atomic E-state index is 13.4. The Morgan fingerprint density at radius 3 is 2.65 bits per heavy atom. The highest BCUT2D eigenvalue weighted by molar-refractivity contribution is 5.89. The molecule has 0 bridgehead atoms. The third kappa shape index (κ3) is 2.96. The van der Waals surface area contributed by atoms with Crippen molar-refractivity contribution >= 4 is 5.97 Å². The molecule has 4 nitrogen and oxygen atoms in total. The lowest BCUT2D eigenvalue weighted by Gasteiger charge is -2.10. The van der Waals surface area contributed by atoms with Gasteiger partial charge >= 0.3 is 5.97 Å². The van der Waals surface area contributed by atoms with Gasteiger partial charge in [-0.15, -0.1) is 0 Å². The number of hydrogen-bond donors (Lipinski definition) is 1.